The highest BCUT2D eigenvalue weighted by Crippen LogP contribution is 1.97. The predicted molar refractivity (Wildman–Crippen MR) is 44.5 cm³/mol. The molecule has 1 aromatic rings. The van der Waals surface area contributed by atoms with Gasteiger partial charge in [0.05, 0.1) is 0 Å². The van der Waals surface area contributed by atoms with Crippen LogP contribution in [0.15, 0.2) is 24.5 Å². The minimum atomic E-state index is 0.768. The summed E-state index contributed by atoms with van der Waals surface area (Å²) in [4.78, 5) is 3.99. The molecule has 0 aliphatic rings. The summed E-state index contributed by atoms with van der Waals surface area (Å²) in [6.07, 6.45) is 3.59. The Labute approximate surface area is 66.8 Å². The molecule has 0 unspecified atom stereocenters. The average Bonchev–Trinajstić information content (AvgIpc) is 2.06. The van der Waals surface area contributed by atoms with E-state index in [1.165, 1.54) is 0 Å². The number of rotatable bonds is 3. The first-order valence-corrected chi connectivity index (χ1v) is 3.71. The molecule has 0 spiro atoms. The van der Waals surface area contributed by atoms with Gasteiger partial charge in [0.25, 0.3) is 0 Å². The van der Waals surface area contributed by atoms with Crippen molar-refractivity contribution in [3.8, 4) is 0 Å². The fourth-order valence-electron chi connectivity index (χ4n) is 0.838. The van der Waals surface area contributed by atoms with E-state index in [2.05, 4.69) is 4.98 Å². The van der Waals surface area contributed by atoms with Crippen molar-refractivity contribution in [3.05, 3.63) is 30.1 Å². The second-order valence-corrected chi connectivity index (χ2v) is 2.42. The molecule has 0 amide bonds. The summed E-state index contributed by atoms with van der Waals surface area (Å²) in [6, 6.07) is 3.93. The zero-order valence-electron chi connectivity index (χ0n) is 6.70. The maximum Gasteiger partial charge on any atom is 0.0394 e. The Balaban J connectivity index is 2.51. The van der Waals surface area contributed by atoms with Crippen molar-refractivity contribution in [1.82, 2.24) is 9.99 Å². The van der Waals surface area contributed by atoms with Crippen LogP contribution in [0.2, 0.25) is 0 Å². The molecule has 2 N–H and O–H groups in total. The Bertz CT molecular complexity index is 198. The maximum absolute atomic E-state index is 5.61. The van der Waals surface area contributed by atoms with Crippen molar-refractivity contribution in [1.29, 1.82) is 0 Å². The molecule has 0 saturated heterocycles. The molecule has 0 fully saturated rings. The first kappa shape index (κ1) is 8.17. The molecule has 0 bridgehead atoms. The fourth-order valence-corrected chi connectivity index (χ4v) is 0.838. The molecule has 0 aliphatic carbocycles. The monoisotopic (exact) mass is 151 g/mol. The molecule has 0 atom stereocenters. The Hall–Kier alpha value is -0.930. The van der Waals surface area contributed by atoms with Gasteiger partial charge in [0.15, 0.2) is 0 Å². The standard InChI is InChI=1S/C8H13N3/c1-2-11(9)7-8-4-3-5-10-6-8/h3-6H,2,7,9H2,1H3. The maximum atomic E-state index is 5.61. The lowest BCUT2D eigenvalue weighted by Crippen LogP contribution is -2.29. The normalized spacial score (nSPS) is 10.5. The SMILES string of the molecule is CCN(N)Cc1cccnc1. The van der Waals surface area contributed by atoms with Crippen molar-refractivity contribution in [2.24, 2.45) is 5.84 Å². The van der Waals surface area contributed by atoms with E-state index >= 15 is 0 Å². The van der Waals surface area contributed by atoms with Crippen molar-refractivity contribution >= 4 is 0 Å². The number of pyridine rings is 1. The van der Waals surface area contributed by atoms with Crippen molar-refractivity contribution in [2.45, 2.75) is 13.5 Å². The van der Waals surface area contributed by atoms with Gasteiger partial charge in [-0.2, -0.15) is 0 Å². The zero-order chi connectivity index (χ0) is 8.10. The summed E-state index contributed by atoms with van der Waals surface area (Å²) < 4.78 is 0. The van der Waals surface area contributed by atoms with E-state index in [-0.39, 0.29) is 0 Å². The van der Waals surface area contributed by atoms with Crippen molar-refractivity contribution < 1.29 is 0 Å². The first-order valence-electron chi connectivity index (χ1n) is 3.71. The van der Waals surface area contributed by atoms with Crippen LogP contribution < -0.4 is 5.84 Å². The van der Waals surface area contributed by atoms with Crippen LogP contribution in [-0.2, 0) is 6.54 Å². The van der Waals surface area contributed by atoms with Crippen LogP contribution in [0.25, 0.3) is 0 Å². The summed E-state index contributed by atoms with van der Waals surface area (Å²) in [5.41, 5.74) is 1.15. The highest BCUT2D eigenvalue weighted by molar-refractivity contribution is 5.07. The second kappa shape index (κ2) is 4.05. The van der Waals surface area contributed by atoms with Crippen LogP contribution >= 0.6 is 0 Å². The quantitative estimate of drug-likeness (QED) is 0.512. The summed E-state index contributed by atoms with van der Waals surface area (Å²) >= 11 is 0. The minimum Gasteiger partial charge on any atom is -0.268 e. The second-order valence-electron chi connectivity index (χ2n) is 2.42. The first-order chi connectivity index (χ1) is 5.33. The van der Waals surface area contributed by atoms with Gasteiger partial charge in [-0.15, -0.1) is 0 Å². The molecule has 0 aliphatic heterocycles. The molecule has 1 aromatic heterocycles. The summed E-state index contributed by atoms with van der Waals surface area (Å²) in [6.45, 7) is 3.65. The zero-order valence-corrected chi connectivity index (χ0v) is 6.70. The van der Waals surface area contributed by atoms with Crippen LogP contribution in [0.1, 0.15) is 12.5 Å². The number of hydrazine groups is 1. The summed E-state index contributed by atoms with van der Waals surface area (Å²) in [5.74, 6) is 5.61. The van der Waals surface area contributed by atoms with Crippen LogP contribution in [-0.4, -0.2) is 16.5 Å². The number of nitrogens with zero attached hydrogens (tertiary/aromatic N) is 2. The van der Waals surface area contributed by atoms with Gasteiger partial charge < -0.3 is 0 Å². The molecule has 11 heavy (non-hydrogen) atoms. The minimum absolute atomic E-state index is 0.768. The lowest BCUT2D eigenvalue weighted by atomic mass is 10.3. The number of nitrogens with two attached hydrogens (primary N) is 1. The van der Waals surface area contributed by atoms with E-state index in [0.717, 1.165) is 18.7 Å². The van der Waals surface area contributed by atoms with E-state index in [0.29, 0.717) is 0 Å². The van der Waals surface area contributed by atoms with Gasteiger partial charge >= 0.3 is 0 Å². The molecule has 0 aromatic carbocycles. The average molecular weight is 151 g/mol. The molecule has 0 radical (unpaired) electrons. The lowest BCUT2D eigenvalue weighted by molar-refractivity contribution is 0.290. The molecule has 3 heteroatoms. The number of hydrogen-bond donors (Lipinski definition) is 1. The molecule has 1 rings (SSSR count). The van der Waals surface area contributed by atoms with E-state index < -0.39 is 0 Å². The van der Waals surface area contributed by atoms with Gasteiger partial charge in [-0.3, -0.25) is 10.8 Å². The topological polar surface area (TPSA) is 42.1 Å². The Kier molecular flexibility index (Phi) is 3.01. The third-order valence-electron chi connectivity index (χ3n) is 1.51. The summed E-state index contributed by atoms with van der Waals surface area (Å²) in [7, 11) is 0. The molecular weight excluding hydrogens is 138 g/mol. The van der Waals surface area contributed by atoms with Gasteiger partial charge in [-0.1, -0.05) is 13.0 Å². The number of hydrogen-bond acceptors (Lipinski definition) is 3. The van der Waals surface area contributed by atoms with Gasteiger partial charge in [0.1, 0.15) is 0 Å². The fraction of sp³-hybridized carbons (Fsp3) is 0.375. The van der Waals surface area contributed by atoms with Gasteiger partial charge in [0, 0.05) is 25.5 Å². The third kappa shape index (κ3) is 2.65. The van der Waals surface area contributed by atoms with E-state index in [4.69, 9.17) is 5.84 Å². The van der Waals surface area contributed by atoms with E-state index in [9.17, 15) is 0 Å². The van der Waals surface area contributed by atoms with Gasteiger partial charge in [0.2, 0.25) is 0 Å². The van der Waals surface area contributed by atoms with Crippen LogP contribution in [0.4, 0.5) is 0 Å². The predicted octanol–water partition coefficient (Wildman–Crippen LogP) is 0.777. The molecular formula is C8H13N3. The molecule has 60 valence electrons. The molecule has 1 heterocycles. The van der Waals surface area contributed by atoms with Gasteiger partial charge in [-0.05, 0) is 11.6 Å². The van der Waals surface area contributed by atoms with Crippen LogP contribution in [0.3, 0.4) is 0 Å². The van der Waals surface area contributed by atoms with Crippen LogP contribution in [0, 0.1) is 0 Å². The third-order valence-corrected chi connectivity index (χ3v) is 1.51. The van der Waals surface area contributed by atoms with Crippen molar-refractivity contribution in [2.75, 3.05) is 6.54 Å². The Morgan fingerprint density at radius 3 is 3.00 bits per heavy atom. The number of aromatic nitrogens is 1. The smallest absolute Gasteiger partial charge is 0.0394 e. The molecule has 3 nitrogen and oxygen atoms in total. The van der Waals surface area contributed by atoms with E-state index in [1.807, 2.05) is 25.3 Å². The Morgan fingerprint density at radius 1 is 1.64 bits per heavy atom. The van der Waals surface area contributed by atoms with Crippen LogP contribution in [0.5, 0.6) is 0 Å². The lowest BCUT2D eigenvalue weighted by Gasteiger charge is -2.12. The summed E-state index contributed by atoms with van der Waals surface area (Å²) in [5, 5.41) is 1.75. The van der Waals surface area contributed by atoms with Gasteiger partial charge in [-0.25, -0.2) is 5.01 Å². The molecule has 0 saturated carbocycles. The highest BCUT2D eigenvalue weighted by Gasteiger charge is 1.95. The Morgan fingerprint density at radius 2 is 2.45 bits per heavy atom. The van der Waals surface area contributed by atoms with E-state index in [1.54, 1.807) is 11.2 Å². The largest absolute Gasteiger partial charge is 0.268 e. The van der Waals surface area contributed by atoms with Crippen molar-refractivity contribution in [3.63, 3.8) is 0 Å². The highest BCUT2D eigenvalue weighted by atomic mass is 15.4.